The maximum atomic E-state index is 12.4. The Morgan fingerprint density at radius 2 is 2.26 bits per heavy atom. The summed E-state index contributed by atoms with van der Waals surface area (Å²) in [6, 6.07) is 5.89. The van der Waals surface area contributed by atoms with Crippen LogP contribution in [0.3, 0.4) is 0 Å². The Hall–Kier alpha value is -1.55. The fourth-order valence-corrected chi connectivity index (χ4v) is 2.30. The summed E-state index contributed by atoms with van der Waals surface area (Å²) in [5.41, 5.74) is 2.42. The number of anilines is 1. The van der Waals surface area contributed by atoms with Crippen molar-refractivity contribution in [3.05, 3.63) is 29.3 Å². The Labute approximate surface area is 114 Å². The smallest absolute Gasteiger partial charge is 0.253 e. The van der Waals surface area contributed by atoms with Gasteiger partial charge in [0.2, 0.25) is 0 Å². The molecule has 0 radical (unpaired) electrons. The predicted molar refractivity (Wildman–Crippen MR) is 76.6 cm³/mol. The number of hydrogen-bond acceptors (Lipinski definition) is 3. The van der Waals surface area contributed by atoms with Gasteiger partial charge in [-0.1, -0.05) is 11.6 Å². The summed E-state index contributed by atoms with van der Waals surface area (Å²) in [6.45, 7) is 8.14. The van der Waals surface area contributed by atoms with E-state index in [0.29, 0.717) is 18.8 Å². The monoisotopic (exact) mass is 262 g/mol. The number of rotatable bonds is 4. The van der Waals surface area contributed by atoms with Crippen LogP contribution in [0.1, 0.15) is 36.2 Å². The molecule has 1 amide bonds. The number of hydrogen-bond donors (Lipinski definition) is 2. The summed E-state index contributed by atoms with van der Waals surface area (Å²) in [6.07, 6.45) is 0.862. The Morgan fingerprint density at radius 1 is 1.47 bits per heavy atom. The molecule has 2 rings (SSSR count). The number of benzene rings is 1. The highest BCUT2D eigenvalue weighted by Gasteiger charge is 2.32. The third kappa shape index (κ3) is 3.26. The van der Waals surface area contributed by atoms with Gasteiger partial charge < -0.3 is 15.4 Å². The highest BCUT2D eigenvalue weighted by atomic mass is 16.5. The van der Waals surface area contributed by atoms with Crippen LogP contribution in [0.2, 0.25) is 0 Å². The van der Waals surface area contributed by atoms with E-state index in [9.17, 15) is 4.79 Å². The van der Waals surface area contributed by atoms with Crippen LogP contribution in [0.15, 0.2) is 18.2 Å². The molecule has 4 heteroatoms. The average molecular weight is 262 g/mol. The maximum Gasteiger partial charge on any atom is 0.253 e. The average Bonchev–Trinajstić information content (AvgIpc) is 2.78. The summed E-state index contributed by atoms with van der Waals surface area (Å²) >= 11 is 0. The predicted octanol–water partition coefficient (Wildman–Crippen LogP) is 2.34. The van der Waals surface area contributed by atoms with Crippen LogP contribution < -0.4 is 10.6 Å². The number of carbonyl (C=O) groups excluding carboxylic acids is 1. The van der Waals surface area contributed by atoms with E-state index in [1.165, 1.54) is 0 Å². The van der Waals surface area contributed by atoms with Crippen molar-refractivity contribution in [1.82, 2.24) is 5.32 Å². The van der Waals surface area contributed by atoms with Crippen molar-refractivity contribution in [3.8, 4) is 0 Å². The first kappa shape index (κ1) is 13.9. The van der Waals surface area contributed by atoms with Gasteiger partial charge in [-0.05, 0) is 39.3 Å². The normalized spacial score (nSPS) is 22.3. The molecule has 0 saturated carbocycles. The highest BCUT2D eigenvalue weighted by Crippen LogP contribution is 2.21. The number of ether oxygens (including phenoxy) is 1. The van der Waals surface area contributed by atoms with Crippen LogP contribution in [0.5, 0.6) is 0 Å². The van der Waals surface area contributed by atoms with Crippen LogP contribution in [-0.4, -0.2) is 31.2 Å². The van der Waals surface area contributed by atoms with E-state index >= 15 is 0 Å². The van der Waals surface area contributed by atoms with E-state index in [1.54, 1.807) is 0 Å². The molecule has 4 nitrogen and oxygen atoms in total. The van der Waals surface area contributed by atoms with E-state index in [-0.39, 0.29) is 11.4 Å². The molecule has 19 heavy (non-hydrogen) atoms. The van der Waals surface area contributed by atoms with Crippen molar-refractivity contribution in [2.45, 2.75) is 32.7 Å². The maximum absolute atomic E-state index is 12.4. The molecule has 0 bridgehead atoms. The lowest BCUT2D eigenvalue weighted by Gasteiger charge is -2.24. The molecule has 0 aliphatic carbocycles. The number of nitrogens with one attached hydrogen (secondary N) is 2. The van der Waals surface area contributed by atoms with Gasteiger partial charge in [0.1, 0.15) is 0 Å². The van der Waals surface area contributed by atoms with Gasteiger partial charge in [0, 0.05) is 18.8 Å². The summed E-state index contributed by atoms with van der Waals surface area (Å²) in [5.74, 6) is -0.0346. The second-order valence-corrected chi connectivity index (χ2v) is 5.40. The molecule has 1 heterocycles. The van der Waals surface area contributed by atoms with Crippen LogP contribution >= 0.6 is 0 Å². The van der Waals surface area contributed by atoms with Crippen molar-refractivity contribution in [2.75, 3.05) is 25.1 Å². The van der Waals surface area contributed by atoms with Crippen molar-refractivity contribution < 1.29 is 9.53 Å². The molecular weight excluding hydrogens is 240 g/mol. The standard InChI is InChI=1S/C15H22N2O2/c1-4-16-13-6-5-11(2)9-12(13)14(18)17-15(3)7-8-19-10-15/h5-6,9,16H,4,7-8,10H2,1-3H3,(H,17,18). The molecule has 104 valence electrons. The lowest BCUT2D eigenvalue weighted by molar-refractivity contribution is 0.0890. The van der Waals surface area contributed by atoms with E-state index < -0.39 is 0 Å². The van der Waals surface area contributed by atoms with Crippen LogP contribution in [0.25, 0.3) is 0 Å². The molecule has 1 unspecified atom stereocenters. The molecule has 1 aromatic carbocycles. The molecule has 0 aromatic heterocycles. The molecular formula is C15H22N2O2. The second kappa shape index (κ2) is 5.61. The van der Waals surface area contributed by atoms with E-state index in [1.807, 2.05) is 39.0 Å². The zero-order valence-corrected chi connectivity index (χ0v) is 11.9. The van der Waals surface area contributed by atoms with Crippen LogP contribution in [0.4, 0.5) is 5.69 Å². The van der Waals surface area contributed by atoms with Gasteiger partial charge in [-0.3, -0.25) is 4.79 Å². The lowest BCUT2D eigenvalue weighted by atomic mass is 10.0. The minimum atomic E-state index is -0.246. The van der Waals surface area contributed by atoms with Crippen molar-refractivity contribution in [1.29, 1.82) is 0 Å². The van der Waals surface area contributed by atoms with Gasteiger partial charge in [-0.2, -0.15) is 0 Å². The molecule has 1 aliphatic heterocycles. The first-order valence-electron chi connectivity index (χ1n) is 6.79. The Bertz CT molecular complexity index is 465. The zero-order valence-electron chi connectivity index (χ0n) is 11.9. The summed E-state index contributed by atoms with van der Waals surface area (Å²) in [5, 5.41) is 6.32. The van der Waals surface area contributed by atoms with Crippen LogP contribution in [0, 0.1) is 6.92 Å². The van der Waals surface area contributed by atoms with E-state index in [0.717, 1.165) is 24.2 Å². The number of carbonyl (C=O) groups is 1. The quantitative estimate of drug-likeness (QED) is 0.875. The summed E-state index contributed by atoms with van der Waals surface area (Å²) in [7, 11) is 0. The number of aryl methyl sites for hydroxylation is 1. The van der Waals surface area contributed by atoms with Gasteiger partial charge >= 0.3 is 0 Å². The third-order valence-corrected chi connectivity index (χ3v) is 3.42. The summed E-state index contributed by atoms with van der Waals surface area (Å²) in [4.78, 5) is 12.4. The van der Waals surface area contributed by atoms with Crippen molar-refractivity contribution >= 4 is 11.6 Å². The Balaban J connectivity index is 2.19. The molecule has 2 N–H and O–H groups in total. The van der Waals surface area contributed by atoms with Crippen molar-refractivity contribution in [3.63, 3.8) is 0 Å². The van der Waals surface area contributed by atoms with Crippen LogP contribution in [-0.2, 0) is 4.74 Å². The van der Waals surface area contributed by atoms with E-state index in [4.69, 9.17) is 4.74 Å². The molecule has 1 saturated heterocycles. The minimum Gasteiger partial charge on any atom is -0.385 e. The molecule has 1 aromatic rings. The topological polar surface area (TPSA) is 50.4 Å². The SMILES string of the molecule is CCNc1ccc(C)cc1C(=O)NC1(C)CCOC1. The van der Waals surface area contributed by atoms with Gasteiger partial charge in [0.25, 0.3) is 5.91 Å². The second-order valence-electron chi connectivity index (χ2n) is 5.40. The molecule has 1 aliphatic rings. The molecule has 0 spiro atoms. The summed E-state index contributed by atoms with van der Waals surface area (Å²) < 4.78 is 5.37. The van der Waals surface area contributed by atoms with Gasteiger partial charge in [0.15, 0.2) is 0 Å². The lowest BCUT2D eigenvalue weighted by Crippen LogP contribution is -2.46. The molecule has 1 atom stereocenters. The third-order valence-electron chi connectivity index (χ3n) is 3.42. The van der Waals surface area contributed by atoms with Gasteiger partial charge in [0.05, 0.1) is 17.7 Å². The Morgan fingerprint density at radius 3 is 2.89 bits per heavy atom. The van der Waals surface area contributed by atoms with Gasteiger partial charge in [-0.15, -0.1) is 0 Å². The zero-order chi connectivity index (χ0) is 13.9. The largest absolute Gasteiger partial charge is 0.385 e. The van der Waals surface area contributed by atoms with Gasteiger partial charge in [-0.25, -0.2) is 0 Å². The Kier molecular flexibility index (Phi) is 4.10. The highest BCUT2D eigenvalue weighted by molar-refractivity contribution is 6.00. The minimum absolute atomic E-state index is 0.0346. The fourth-order valence-electron chi connectivity index (χ4n) is 2.30. The van der Waals surface area contributed by atoms with Crippen molar-refractivity contribution in [2.24, 2.45) is 0 Å². The number of amides is 1. The first-order valence-corrected chi connectivity index (χ1v) is 6.79. The van der Waals surface area contributed by atoms with E-state index in [2.05, 4.69) is 10.6 Å². The molecule has 1 fully saturated rings. The fraction of sp³-hybridized carbons (Fsp3) is 0.533. The first-order chi connectivity index (χ1) is 9.04.